The van der Waals surface area contributed by atoms with E-state index in [0.717, 1.165) is 51.0 Å². The van der Waals surface area contributed by atoms with Gasteiger partial charge in [-0.2, -0.15) is 0 Å². The van der Waals surface area contributed by atoms with Crippen LogP contribution in [-0.4, -0.2) is 141 Å². The van der Waals surface area contributed by atoms with E-state index in [1.165, 1.54) is 27.3 Å². The fourth-order valence-corrected chi connectivity index (χ4v) is 11.1. The molecule has 5 amide bonds. The van der Waals surface area contributed by atoms with Gasteiger partial charge in [0.15, 0.2) is 0 Å². The largest absolute Gasteiger partial charge is 0.378 e. The fraction of sp³-hybridized carbons (Fsp3) is 0.540. The molecule has 2 N–H and O–H groups in total. The summed E-state index contributed by atoms with van der Waals surface area (Å²) in [4.78, 5) is 84.0. The van der Waals surface area contributed by atoms with Crippen LogP contribution >= 0.6 is 11.3 Å². The number of carbonyl (C=O) groups is 5. The molecule has 6 heterocycles. The van der Waals surface area contributed by atoms with E-state index >= 15 is 0 Å². The second-order valence-electron chi connectivity index (χ2n) is 19.8. The number of aromatic nitrogens is 3. The molecule has 0 spiro atoms. The van der Waals surface area contributed by atoms with E-state index in [0.29, 0.717) is 50.5 Å². The Morgan fingerprint density at radius 3 is 2.52 bits per heavy atom. The second kappa shape index (κ2) is 20.0. The minimum Gasteiger partial charge on any atom is -0.378 e. The van der Waals surface area contributed by atoms with Crippen LogP contribution in [0, 0.1) is 11.3 Å². The van der Waals surface area contributed by atoms with Crippen molar-refractivity contribution in [3.63, 3.8) is 0 Å². The summed E-state index contributed by atoms with van der Waals surface area (Å²) in [6.07, 6.45) is 5.30. The quantitative estimate of drug-likeness (QED) is 0.151. The zero-order chi connectivity index (χ0) is 48.5. The summed E-state index contributed by atoms with van der Waals surface area (Å²) in [5.41, 5.74) is 8.27. The summed E-state index contributed by atoms with van der Waals surface area (Å²) < 4.78 is 14.5. The number of hydrogen-bond donors (Lipinski definition) is 2. The van der Waals surface area contributed by atoms with E-state index in [4.69, 9.17) is 19.4 Å². The van der Waals surface area contributed by atoms with Gasteiger partial charge in [0.05, 0.1) is 41.4 Å². The number of likely N-dealkylation sites (N-methyl/N-ethyl adjacent to an activating group) is 1. The molecule has 4 aromatic rings. The lowest BCUT2D eigenvalue weighted by Gasteiger charge is -2.46. The number of fused-ring (bicyclic) bond motifs is 6. The number of nitrogens with one attached hydrogen (secondary N) is 2. The van der Waals surface area contributed by atoms with Gasteiger partial charge < -0.3 is 38.9 Å². The van der Waals surface area contributed by atoms with E-state index in [1.807, 2.05) is 46.1 Å². The van der Waals surface area contributed by atoms with Gasteiger partial charge >= 0.3 is 6.03 Å². The number of ether oxygens (including phenoxy) is 2. The van der Waals surface area contributed by atoms with E-state index < -0.39 is 34.9 Å². The molecular weight excluding hydrogens is 871 g/mol. The normalized spacial score (nSPS) is 23.4. The number of piperazine rings is 1. The predicted molar refractivity (Wildman–Crippen MR) is 259 cm³/mol. The van der Waals surface area contributed by atoms with Crippen molar-refractivity contribution in [1.82, 2.24) is 45.0 Å². The molecule has 17 heteroatoms. The van der Waals surface area contributed by atoms with Gasteiger partial charge in [-0.05, 0) is 87.3 Å². The van der Waals surface area contributed by atoms with Crippen molar-refractivity contribution in [2.75, 3.05) is 47.0 Å². The Kier molecular flexibility index (Phi) is 14.8. The van der Waals surface area contributed by atoms with Crippen molar-refractivity contribution in [1.29, 1.82) is 0 Å². The summed E-state index contributed by atoms with van der Waals surface area (Å²) in [6, 6.07) is 7.32. The van der Waals surface area contributed by atoms with E-state index in [1.54, 1.807) is 30.2 Å². The summed E-state index contributed by atoms with van der Waals surface area (Å²) in [5, 5.41) is 8.14. The van der Waals surface area contributed by atoms with Gasteiger partial charge in [0.25, 0.3) is 5.91 Å². The molecule has 1 unspecified atom stereocenters. The van der Waals surface area contributed by atoms with Crippen LogP contribution in [0.2, 0.25) is 0 Å². The number of urea groups is 1. The van der Waals surface area contributed by atoms with Gasteiger partial charge in [0, 0.05) is 93.0 Å². The van der Waals surface area contributed by atoms with Gasteiger partial charge in [-0.15, -0.1) is 11.3 Å². The summed E-state index contributed by atoms with van der Waals surface area (Å²) in [7, 11) is 5.36. The molecule has 0 aliphatic carbocycles. The molecule has 7 rings (SSSR count). The van der Waals surface area contributed by atoms with Crippen LogP contribution < -0.4 is 10.7 Å². The summed E-state index contributed by atoms with van der Waals surface area (Å²) in [5.74, 6) is -1.47. The van der Waals surface area contributed by atoms with Crippen LogP contribution in [0.4, 0.5) is 4.79 Å². The van der Waals surface area contributed by atoms with Crippen LogP contribution in [-0.2, 0) is 48.5 Å². The number of carbonyl (C=O) groups excluding carboxylic acids is 5. The molecular formula is C50H67N9O7S. The predicted octanol–water partition coefficient (Wildman–Crippen LogP) is 5.95. The van der Waals surface area contributed by atoms with Gasteiger partial charge in [0.2, 0.25) is 11.8 Å². The molecule has 0 radical (unpaired) electrons. The van der Waals surface area contributed by atoms with Gasteiger partial charge in [-0.25, -0.2) is 15.2 Å². The number of amides is 5. The number of benzene rings is 1. The molecule has 2 saturated heterocycles. The Hall–Kier alpha value is -5.49. The number of aryl methyl sites for hydroxylation is 1. The first-order chi connectivity index (χ1) is 31.8. The fourth-order valence-electron chi connectivity index (χ4n) is 10.2. The zero-order valence-corrected chi connectivity index (χ0v) is 41.4. The smallest absolute Gasteiger partial charge is 0.321 e. The molecule has 3 aromatic heterocycles. The van der Waals surface area contributed by atoms with Crippen molar-refractivity contribution >= 4 is 52.3 Å². The third-order valence-corrected chi connectivity index (χ3v) is 14.5. The molecule has 6 atom stereocenters. The van der Waals surface area contributed by atoms with E-state index in [-0.39, 0.29) is 49.1 Å². The molecule has 6 bridgehead atoms. The lowest BCUT2D eigenvalue weighted by Crippen LogP contribution is -2.67. The highest BCUT2D eigenvalue weighted by Gasteiger charge is 2.43. The lowest BCUT2D eigenvalue weighted by molar-refractivity contribution is -0.147. The lowest BCUT2D eigenvalue weighted by atomic mass is 9.84. The Bertz CT molecular complexity index is 2510. The number of nitrogens with zero attached hydrogens (tertiary/aromatic N) is 7. The maximum absolute atomic E-state index is 14.8. The topological polar surface area (TPSA) is 172 Å². The molecule has 16 nitrogen and oxygen atoms in total. The Morgan fingerprint density at radius 2 is 1.85 bits per heavy atom. The standard InChI is InChI=1S/C50H67N9O7S/c1-12-42(61)57-24-31(4)59(32(5)25-57)48(64)56(10)44(30(2)3)46(62)53-38-22-41-52-39(26-67-41)34-16-17-40-36(21-34)37(45(55(40)9)35-15-13-19-51-43(35)33(6)65-11)23-49(7,8)28-66-29-50(27-60)18-14-20-58(54-50)47(38)63/h12-13,15-17,19,21,26-27,30-33,38,44,54H,1,14,18,20,22-25,28-29H2,2-11H3,(H,53,62)/t31-,32-,33+,38+,44+,50?/m1/s1. The maximum atomic E-state index is 14.8. The number of aldehydes is 1. The van der Waals surface area contributed by atoms with Crippen molar-refractivity contribution in [2.45, 2.75) is 110 Å². The Balaban J connectivity index is 1.26. The molecule has 360 valence electrons. The van der Waals surface area contributed by atoms with Crippen LogP contribution in [0.3, 0.4) is 0 Å². The molecule has 2 fully saturated rings. The Morgan fingerprint density at radius 1 is 1.12 bits per heavy atom. The number of hydrogen-bond acceptors (Lipinski definition) is 11. The highest BCUT2D eigenvalue weighted by atomic mass is 32.1. The minimum absolute atomic E-state index is 0.0242. The highest BCUT2D eigenvalue weighted by Crippen LogP contribution is 2.41. The minimum atomic E-state index is -1.19. The van der Waals surface area contributed by atoms with Gasteiger partial charge in [-0.3, -0.25) is 24.4 Å². The first-order valence-electron chi connectivity index (χ1n) is 23.3. The first-order valence-corrected chi connectivity index (χ1v) is 24.1. The molecule has 3 aliphatic rings. The third-order valence-electron chi connectivity index (χ3n) is 13.6. The second-order valence-corrected chi connectivity index (χ2v) is 20.7. The van der Waals surface area contributed by atoms with Crippen molar-refractivity contribution in [2.24, 2.45) is 18.4 Å². The summed E-state index contributed by atoms with van der Waals surface area (Å²) in [6.45, 7) is 18.7. The average Bonchev–Trinajstić information content (AvgIpc) is 3.88. The van der Waals surface area contributed by atoms with Crippen molar-refractivity contribution in [3.8, 4) is 22.5 Å². The van der Waals surface area contributed by atoms with E-state index in [9.17, 15) is 24.0 Å². The van der Waals surface area contributed by atoms with E-state index in [2.05, 4.69) is 67.0 Å². The average molecular weight is 938 g/mol. The first kappa shape index (κ1) is 49.4. The molecule has 67 heavy (non-hydrogen) atoms. The SMILES string of the molecule is C=CC(=O)N1C[C@@H](C)N(C(=O)N(C)[C@H](C(=O)N[C@H]2Cc3nc(cs3)-c3ccc4c(c3)c(c(-c3cccnc3[C@H](C)OC)n4C)CC(C)(C)COCC3(C=O)CCCN(N3)C2=O)C(C)C)[C@H](C)C1. The zero-order valence-electron chi connectivity index (χ0n) is 40.6. The number of methoxy groups -OCH3 is 1. The van der Waals surface area contributed by atoms with Crippen LogP contribution in [0.1, 0.15) is 83.7 Å². The van der Waals surface area contributed by atoms with Crippen LogP contribution in [0.15, 0.2) is 54.6 Å². The molecule has 3 aliphatic heterocycles. The molecule has 1 aromatic carbocycles. The van der Waals surface area contributed by atoms with Gasteiger partial charge in [0.1, 0.15) is 23.9 Å². The third kappa shape index (κ3) is 10.1. The highest BCUT2D eigenvalue weighted by molar-refractivity contribution is 7.10. The number of thiazole rings is 1. The number of rotatable bonds is 9. The van der Waals surface area contributed by atoms with Crippen molar-refractivity contribution < 1.29 is 33.4 Å². The Labute approximate surface area is 398 Å². The van der Waals surface area contributed by atoms with Crippen molar-refractivity contribution in [3.05, 3.63) is 70.8 Å². The van der Waals surface area contributed by atoms with Crippen LogP contribution in [0.5, 0.6) is 0 Å². The number of pyridine rings is 1. The number of hydrazine groups is 1. The van der Waals surface area contributed by atoms with Gasteiger partial charge in [-0.1, -0.05) is 40.3 Å². The van der Waals surface area contributed by atoms with Crippen LogP contribution in [0.25, 0.3) is 33.4 Å². The monoisotopic (exact) mass is 937 g/mol. The summed E-state index contributed by atoms with van der Waals surface area (Å²) >= 11 is 1.40. The maximum Gasteiger partial charge on any atom is 0.321 e. The molecule has 0 saturated carbocycles.